The van der Waals surface area contributed by atoms with Gasteiger partial charge in [-0.1, -0.05) is 66.7 Å². The maximum atomic E-state index is 13.3. The number of rotatable bonds is 6. The third-order valence-corrected chi connectivity index (χ3v) is 5.34. The number of alkyl halides is 3. The highest BCUT2D eigenvalue weighted by Crippen LogP contribution is 2.34. The van der Waals surface area contributed by atoms with Crippen LogP contribution in [0.3, 0.4) is 0 Å². The Morgan fingerprint density at radius 1 is 0.941 bits per heavy atom. The molecule has 1 aromatic heterocycles. The first kappa shape index (κ1) is 23.2. The molecule has 4 aromatic rings. The van der Waals surface area contributed by atoms with E-state index in [0.29, 0.717) is 5.39 Å². The molecule has 2 N–H and O–H groups in total. The summed E-state index contributed by atoms with van der Waals surface area (Å²) in [5.41, 5.74) is -0.964. The summed E-state index contributed by atoms with van der Waals surface area (Å²) in [6.45, 7) is -0.341. The van der Waals surface area contributed by atoms with Crippen LogP contribution < -0.4 is 10.9 Å². The molecular weight excluding hydrogens is 447 g/mol. The molecule has 1 heterocycles. The predicted octanol–water partition coefficient (Wildman–Crippen LogP) is 3.93. The molecule has 4 rings (SSSR count). The summed E-state index contributed by atoms with van der Waals surface area (Å²) in [5.74, 6) is -0.721. The van der Waals surface area contributed by atoms with E-state index in [-0.39, 0.29) is 28.7 Å². The fraction of sp³-hybridized carbons (Fsp3) is 0.160. The molecule has 0 saturated heterocycles. The number of hydrogen-bond acceptors (Lipinski definition) is 4. The average molecular weight is 467 g/mol. The van der Waals surface area contributed by atoms with Gasteiger partial charge in [0, 0.05) is 11.9 Å². The monoisotopic (exact) mass is 467 g/mol. The first-order chi connectivity index (χ1) is 16.3. The molecular formula is C25H20F3N3O3. The Hall–Kier alpha value is -3.98. The number of carbonyl (C=O) groups excluding carboxylic acids is 1. The zero-order chi connectivity index (χ0) is 24.3. The molecule has 1 atom stereocenters. The number of carbonyl (C=O) groups is 1. The largest absolute Gasteiger partial charge is 0.416 e. The van der Waals surface area contributed by atoms with Gasteiger partial charge >= 0.3 is 6.18 Å². The van der Waals surface area contributed by atoms with Crippen molar-refractivity contribution in [3.63, 3.8) is 0 Å². The smallest absolute Gasteiger partial charge is 0.387 e. The van der Waals surface area contributed by atoms with Crippen LogP contribution in [0, 0.1) is 0 Å². The van der Waals surface area contributed by atoms with E-state index in [1.54, 1.807) is 24.3 Å². The third kappa shape index (κ3) is 4.84. The number of amides is 1. The molecule has 9 heteroatoms. The van der Waals surface area contributed by atoms with Crippen molar-refractivity contribution in [2.75, 3.05) is 6.54 Å². The van der Waals surface area contributed by atoms with E-state index in [9.17, 15) is 27.9 Å². The van der Waals surface area contributed by atoms with E-state index in [2.05, 4.69) is 10.4 Å². The summed E-state index contributed by atoms with van der Waals surface area (Å²) in [6, 6.07) is 20.2. The molecule has 0 aliphatic rings. The van der Waals surface area contributed by atoms with Crippen molar-refractivity contribution in [2.45, 2.75) is 18.8 Å². The van der Waals surface area contributed by atoms with Crippen LogP contribution in [0.5, 0.6) is 0 Å². The second kappa shape index (κ2) is 9.48. The Balaban J connectivity index is 1.63. The van der Waals surface area contributed by atoms with Gasteiger partial charge in [0.1, 0.15) is 0 Å². The lowest BCUT2D eigenvalue weighted by atomic mass is 10.0. The van der Waals surface area contributed by atoms with Crippen LogP contribution in [0.15, 0.2) is 83.7 Å². The Morgan fingerprint density at radius 2 is 1.56 bits per heavy atom. The number of fused-ring (bicyclic) bond motifs is 1. The number of benzene rings is 3. The van der Waals surface area contributed by atoms with Crippen LogP contribution in [-0.4, -0.2) is 27.3 Å². The highest BCUT2D eigenvalue weighted by molar-refractivity contribution is 6.04. The van der Waals surface area contributed by atoms with Crippen LogP contribution in [-0.2, 0) is 12.7 Å². The molecule has 0 bridgehead atoms. The summed E-state index contributed by atoms with van der Waals surface area (Å²) >= 11 is 0. The van der Waals surface area contributed by atoms with Gasteiger partial charge in [0.25, 0.3) is 11.5 Å². The number of aliphatic hydroxyl groups excluding tert-OH is 1. The number of nitrogens with zero attached hydrogens (tertiary/aromatic N) is 2. The number of aliphatic hydroxyl groups is 1. The van der Waals surface area contributed by atoms with E-state index in [0.717, 1.165) is 17.7 Å². The molecule has 1 unspecified atom stereocenters. The molecule has 0 radical (unpaired) electrons. The topological polar surface area (TPSA) is 84.2 Å². The van der Waals surface area contributed by atoms with Crippen LogP contribution in [0.1, 0.15) is 33.3 Å². The fourth-order valence-corrected chi connectivity index (χ4v) is 3.70. The van der Waals surface area contributed by atoms with Crippen LogP contribution >= 0.6 is 0 Å². The number of nitrogens with one attached hydrogen (secondary N) is 1. The average Bonchev–Trinajstić information content (AvgIpc) is 2.84. The highest BCUT2D eigenvalue weighted by Gasteiger charge is 2.34. The van der Waals surface area contributed by atoms with E-state index in [1.165, 1.54) is 16.8 Å². The number of hydrogen-bond donors (Lipinski definition) is 2. The van der Waals surface area contributed by atoms with Crippen molar-refractivity contribution in [3.8, 4) is 0 Å². The fourth-order valence-electron chi connectivity index (χ4n) is 3.70. The van der Waals surface area contributed by atoms with Crippen LogP contribution in [0.25, 0.3) is 10.8 Å². The summed E-state index contributed by atoms with van der Waals surface area (Å²) in [5, 5.41) is 17.6. The first-order valence-electron chi connectivity index (χ1n) is 10.4. The predicted molar refractivity (Wildman–Crippen MR) is 120 cm³/mol. The van der Waals surface area contributed by atoms with Crippen molar-refractivity contribution in [1.29, 1.82) is 0 Å². The maximum Gasteiger partial charge on any atom is 0.416 e. The number of halogens is 3. The lowest BCUT2D eigenvalue weighted by Gasteiger charge is -2.18. The second-order valence-electron chi connectivity index (χ2n) is 7.65. The van der Waals surface area contributed by atoms with Gasteiger partial charge in [0.2, 0.25) is 0 Å². The molecule has 6 nitrogen and oxygen atoms in total. The number of aromatic nitrogens is 2. The van der Waals surface area contributed by atoms with Gasteiger partial charge in [0.15, 0.2) is 5.69 Å². The Bertz CT molecular complexity index is 1390. The Labute approximate surface area is 192 Å². The molecule has 34 heavy (non-hydrogen) atoms. The van der Waals surface area contributed by atoms with Gasteiger partial charge < -0.3 is 10.4 Å². The van der Waals surface area contributed by atoms with Crippen LogP contribution in [0.2, 0.25) is 0 Å². The minimum atomic E-state index is -4.65. The van der Waals surface area contributed by atoms with Gasteiger partial charge in [-0.15, -0.1) is 0 Å². The van der Waals surface area contributed by atoms with Crippen molar-refractivity contribution in [3.05, 3.63) is 112 Å². The maximum absolute atomic E-state index is 13.3. The standard InChI is InChI=1S/C25H20F3N3O3/c26-25(27,28)20-13-7-6-12-19(20)21(32)14-29-23(33)22-17-10-4-5-11-18(17)24(34)31(30-22)15-16-8-2-1-3-9-16/h1-13,21,32H,14-15H2,(H,29,33). The summed E-state index contributed by atoms with van der Waals surface area (Å²) < 4.78 is 41.0. The van der Waals surface area contributed by atoms with Crippen molar-refractivity contribution < 1.29 is 23.1 Å². The normalized spacial score (nSPS) is 12.5. The first-order valence-corrected chi connectivity index (χ1v) is 10.4. The lowest BCUT2D eigenvalue weighted by molar-refractivity contribution is -0.139. The van der Waals surface area contributed by atoms with E-state index < -0.39 is 30.3 Å². The molecule has 0 fully saturated rings. The molecule has 0 aliphatic carbocycles. The van der Waals surface area contributed by atoms with Gasteiger partial charge in [-0.2, -0.15) is 18.3 Å². The molecule has 1 amide bonds. The summed E-state index contributed by atoms with van der Waals surface area (Å²) in [6.07, 6.45) is -6.24. The Kier molecular flexibility index (Phi) is 6.47. The van der Waals surface area contributed by atoms with E-state index in [1.807, 2.05) is 30.3 Å². The molecule has 0 spiro atoms. The zero-order valence-electron chi connectivity index (χ0n) is 17.8. The van der Waals surface area contributed by atoms with Crippen molar-refractivity contribution in [2.24, 2.45) is 0 Å². The van der Waals surface area contributed by atoms with E-state index >= 15 is 0 Å². The molecule has 0 aliphatic heterocycles. The SMILES string of the molecule is O=C(NCC(O)c1ccccc1C(F)(F)F)c1nn(Cc2ccccc2)c(=O)c2ccccc12. The summed E-state index contributed by atoms with van der Waals surface area (Å²) in [4.78, 5) is 25.9. The zero-order valence-corrected chi connectivity index (χ0v) is 17.8. The van der Waals surface area contributed by atoms with Crippen molar-refractivity contribution >= 4 is 16.7 Å². The molecule has 174 valence electrons. The van der Waals surface area contributed by atoms with Gasteiger partial charge in [-0.25, -0.2) is 4.68 Å². The minimum Gasteiger partial charge on any atom is -0.387 e. The molecule has 3 aromatic carbocycles. The van der Waals surface area contributed by atoms with Crippen LogP contribution in [0.4, 0.5) is 13.2 Å². The van der Waals surface area contributed by atoms with E-state index in [4.69, 9.17) is 0 Å². The third-order valence-electron chi connectivity index (χ3n) is 5.34. The Morgan fingerprint density at radius 3 is 2.26 bits per heavy atom. The lowest BCUT2D eigenvalue weighted by Crippen LogP contribution is -2.33. The quantitative estimate of drug-likeness (QED) is 0.450. The van der Waals surface area contributed by atoms with Gasteiger partial charge in [-0.3, -0.25) is 9.59 Å². The second-order valence-corrected chi connectivity index (χ2v) is 7.65. The van der Waals surface area contributed by atoms with Crippen molar-refractivity contribution in [1.82, 2.24) is 15.1 Å². The highest BCUT2D eigenvalue weighted by atomic mass is 19.4. The molecule has 0 saturated carbocycles. The van der Waals surface area contributed by atoms with Gasteiger partial charge in [0.05, 0.1) is 23.6 Å². The summed E-state index contributed by atoms with van der Waals surface area (Å²) in [7, 11) is 0. The minimum absolute atomic E-state index is 0.0672. The van der Waals surface area contributed by atoms with Gasteiger partial charge in [-0.05, 0) is 23.3 Å².